The molecule has 0 aliphatic carbocycles. The molecular formula is C25H32FN3O. The fraction of sp³-hybridized carbons (Fsp3) is 0.480. The monoisotopic (exact) mass is 409 g/mol. The Kier molecular flexibility index (Phi) is 6.38. The molecule has 1 unspecified atom stereocenters. The summed E-state index contributed by atoms with van der Waals surface area (Å²) in [5.74, 6) is -0.159. The van der Waals surface area contributed by atoms with Crippen LogP contribution < -0.4 is 10.2 Å². The van der Waals surface area contributed by atoms with E-state index in [1.165, 1.54) is 35.2 Å². The Hall–Kier alpha value is -2.40. The highest BCUT2D eigenvalue weighted by molar-refractivity contribution is 5.73. The van der Waals surface area contributed by atoms with Gasteiger partial charge in [0.15, 0.2) is 0 Å². The van der Waals surface area contributed by atoms with Gasteiger partial charge in [0.05, 0.1) is 6.04 Å². The number of nitrogens with one attached hydrogen (secondary N) is 1. The lowest BCUT2D eigenvalue weighted by Crippen LogP contribution is -2.45. The Labute approximate surface area is 179 Å². The number of carbonyl (C=O) groups is 1. The minimum atomic E-state index is -0.167. The number of carbonyl (C=O) groups excluding carboxylic acids is 1. The van der Waals surface area contributed by atoms with Crippen molar-refractivity contribution in [3.63, 3.8) is 0 Å². The number of hydrogen-bond donors (Lipinski definition) is 1. The molecule has 1 fully saturated rings. The number of rotatable bonds is 6. The number of fused-ring (bicyclic) bond motifs is 1. The smallest absolute Gasteiger partial charge is 0.217 e. The average Bonchev–Trinajstić information content (AvgIpc) is 3.16. The van der Waals surface area contributed by atoms with Gasteiger partial charge in [-0.3, -0.25) is 4.79 Å². The number of nitrogens with zero attached hydrogens (tertiary/aromatic N) is 2. The maximum absolute atomic E-state index is 13.1. The molecule has 0 spiro atoms. The molecule has 1 saturated heterocycles. The van der Waals surface area contributed by atoms with Gasteiger partial charge in [-0.05, 0) is 67.5 Å². The largest absolute Gasteiger partial charge is 0.368 e. The molecule has 2 aromatic carbocycles. The summed E-state index contributed by atoms with van der Waals surface area (Å²) in [6, 6.07) is 14.2. The van der Waals surface area contributed by atoms with Crippen molar-refractivity contribution in [3.05, 3.63) is 65.0 Å². The first kappa shape index (κ1) is 20.9. The molecule has 1 N–H and O–H groups in total. The molecule has 160 valence electrons. The van der Waals surface area contributed by atoms with Crippen LogP contribution in [0.5, 0.6) is 0 Å². The van der Waals surface area contributed by atoms with Crippen LogP contribution >= 0.6 is 0 Å². The molecule has 0 bridgehead atoms. The fourth-order valence-electron chi connectivity index (χ4n) is 4.85. The van der Waals surface area contributed by atoms with E-state index in [1.807, 2.05) is 19.1 Å². The third-order valence-electron chi connectivity index (χ3n) is 6.59. The van der Waals surface area contributed by atoms with E-state index in [1.54, 1.807) is 19.1 Å². The van der Waals surface area contributed by atoms with Crippen molar-refractivity contribution in [2.24, 2.45) is 0 Å². The van der Waals surface area contributed by atoms with Gasteiger partial charge < -0.3 is 15.1 Å². The summed E-state index contributed by atoms with van der Waals surface area (Å²) >= 11 is 0. The first-order valence-electron chi connectivity index (χ1n) is 11.1. The van der Waals surface area contributed by atoms with Crippen LogP contribution in [-0.2, 0) is 17.6 Å². The molecule has 0 saturated carbocycles. The van der Waals surface area contributed by atoms with Gasteiger partial charge >= 0.3 is 0 Å². The third kappa shape index (κ3) is 4.84. The van der Waals surface area contributed by atoms with E-state index >= 15 is 0 Å². The Morgan fingerprint density at radius 1 is 1.13 bits per heavy atom. The zero-order valence-corrected chi connectivity index (χ0v) is 18.0. The minimum absolute atomic E-state index is 0.00728. The predicted octanol–water partition coefficient (Wildman–Crippen LogP) is 4.09. The van der Waals surface area contributed by atoms with Gasteiger partial charge in [0.25, 0.3) is 0 Å². The molecule has 1 amide bonds. The number of amides is 1. The molecule has 2 heterocycles. The zero-order chi connectivity index (χ0) is 21.1. The van der Waals surface area contributed by atoms with E-state index in [2.05, 4.69) is 33.3 Å². The van der Waals surface area contributed by atoms with Gasteiger partial charge in [-0.25, -0.2) is 4.39 Å². The summed E-state index contributed by atoms with van der Waals surface area (Å²) in [5, 5.41) is 3.00. The van der Waals surface area contributed by atoms with Crippen molar-refractivity contribution in [1.29, 1.82) is 0 Å². The van der Waals surface area contributed by atoms with E-state index in [0.717, 1.165) is 39.0 Å². The lowest BCUT2D eigenvalue weighted by molar-refractivity contribution is -0.119. The molecule has 1 atom stereocenters. The number of halogens is 1. The minimum Gasteiger partial charge on any atom is -0.368 e. The van der Waals surface area contributed by atoms with Crippen molar-refractivity contribution in [3.8, 4) is 0 Å². The molecule has 0 radical (unpaired) electrons. The van der Waals surface area contributed by atoms with Crippen LogP contribution in [0.4, 0.5) is 10.1 Å². The van der Waals surface area contributed by atoms with Crippen molar-refractivity contribution in [2.45, 2.75) is 51.6 Å². The molecule has 0 aromatic heterocycles. The highest BCUT2D eigenvalue weighted by Gasteiger charge is 2.29. The van der Waals surface area contributed by atoms with E-state index in [-0.39, 0.29) is 17.8 Å². The van der Waals surface area contributed by atoms with Crippen LogP contribution in [0, 0.1) is 5.82 Å². The third-order valence-corrected chi connectivity index (χ3v) is 6.59. The Morgan fingerprint density at radius 2 is 1.87 bits per heavy atom. The second-order valence-corrected chi connectivity index (χ2v) is 8.70. The maximum atomic E-state index is 13.1. The van der Waals surface area contributed by atoms with Gasteiger partial charge in [0.1, 0.15) is 5.82 Å². The van der Waals surface area contributed by atoms with E-state index in [0.29, 0.717) is 6.04 Å². The summed E-state index contributed by atoms with van der Waals surface area (Å²) in [6.45, 7) is 7.96. The normalized spacial score (nSPS) is 18.3. The number of anilines is 1. The number of benzene rings is 2. The second-order valence-electron chi connectivity index (χ2n) is 8.70. The zero-order valence-electron chi connectivity index (χ0n) is 18.0. The number of piperidine rings is 1. The molecule has 2 aliphatic rings. The van der Waals surface area contributed by atoms with Crippen molar-refractivity contribution >= 4 is 11.6 Å². The summed E-state index contributed by atoms with van der Waals surface area (Å²) in [6.07, 6.45) is 4.43. The molecule has 5 heteroatoms. The molecule has 4 rings (SSSR count). The Morgan fingerprint density at radius 3 is 2.57 bits per heavy atom. The van der Waals surface area contributed by atoms with E-state index < -0.39 is 0 Å². The Balaban J connectivity index is 1.33. The number of likely N-dealkylation sites (tertiary alicyclic amines) is 1. The standard InChI is InChI=1S/C25H32FN3O/c1-18(27-19(2)30)22-6-5-21-10-16-29(25(21)17-22)24-11-14-28(15-12-24)13-9-20-3-7-23(26)8-4-20/h3-8,17-18,24H,9-16H2,1-2H3,(H,27,30). The first-order chi connectivity index (χ1) is 14.5. The average molecular weight is 410 g/mol. The van der Waals surface area contributed by atoms with Crippen LogP contribution in [0.3, 0.4) is 0 Å². The van der Waals surface area contributed by atoms with Gasteiger partial charge in [0, 0.05) is 44.8 Å². The maximum Gasteiger partial charge on any atom is 0.217 e. The van der Waals surface area contributed by atoms with Gasteiger partial charge in [-0.2, -0.15) is 0 Å². The lowest BCUT2D eigenvalue weighted by atomic mass is 10.0. The first-order valence-corrected chi connectivity index (χ1v) is 11.1. The van der Waals surface area contributed by atoms with Crippen LogP contribution in [0.25, 0.3) is 0 Å². The highest BCUT2D eigenvalue weighted by atomic mass is 19.1. The highest BCUT2D eigenvalue weighted by Crippen LogP contribution is 2.34. The second kappa shape index (κ2) is 9.17. The van der Waals surface area contributed by atoms with Crippen molar-refractivity contribution in [2.75, 3.05) is 31.1 Å². The fourth-order valence-corrected chi connectivity index (χ4v) is 4.85. The number of hydrogen-bond acceptors (Lipinski definition) is 3. The molecule has 2 aromatic rings. The summed E-state index contributed by atoms with van der Waals surface area (Å²) < 4.78 is 13.1. The van der Waals surface area contributed by atoms with Crippen molar-refractivity contribution in [1.82, 2.24) is 10.2 Å². The predicted molar refractivity (Wildman–Crippen MR) is 119 cm³/mol. The van der Waals surface area contributed by atoms with Gasteiger partial charge in [-0.1, -0.05) is 24.3 Å². The lowest BCUT2D eigenvalue weighted by Gasteiger charge is -2.38. The summed E-state index contributed by atoms with van der Waals surface area (Å²) in [4.78, 5) is 16.5. The topological polar surface area (TPSA) is 35.6 Å². The molecule has 30 heavy (non-hydrogen) atoms. The van der Waals surface area contributed by atoms with Gasteiger partial charge in [0.2, 0.25) is 5.91 Å². The van der Waals surface area contributed by atoms with Crippen LogP contribution in [0.1, 0.15) is 49.4 Å². The Bertz CT molecular complexity index is 874. The SMILES string of the molecule is CC(=O)NC(C)c1ccc2c(c1)N(C1CCN(CCc3ccc(F)cc3)CC1)CC2. The van der Waals surface area contributed by atoms with Crippen LogP contribution in [-0.4, -0.2) is 43.0 Å². The molecular weight excluding hydrogens is 377 g/mol. The van der Waals surface area contributed by atoms with E-state index in [9.17, 15) is 9.18 Å². The quantitative estimate of drug-likeness (QED) is 0.781. The summed E-state index contributed by atoms with van der Waals surface area (Å²) in [7, 11) is 0. The molecule has 2 aliphatic heterocycles. The van der Waals surface area contributed by atoms with Crippen molar-refractivity contribution < 1.29 is 9.18 Å². The van der Waals surface area contributed by atoms with Gasteiger partial charge in [-0.15, -0.1) is 0 Å². The molecule has 4 nitrogen and oxygen atoms in total. The van der Waals surface area contributed by atoms with E-state index in [4.69, 9.17) is 0 Å². The summed E-state index contributed by atoms with van der Waals surface area (Å²) in [5.41, 5.74) is 5.15. The van der Waals surface area contributed by atoms with Crippen LogP contribution in [0.2, 0.25) is 0 Å². The van der Waals surface area contributed by atoms with Crippen LogP contribution in [0.15, 0.2) is 42.5 Å².